The lowest BCUT2D eigenvalue weighted by molar-refractivity contribution is -0.136. The van der Waals surface area contributed by atoms with E-state index in [2.05, 4.69) is 40.0 Å². The van der Waals surface area contributed by atoms with Crippen molar-refractivity contribution in [3.05, 3.63) is 41.9 Å². The normalized spacial score (nSPS) is 21.3. The predicted molar refractivity (Wildman–Crippen MR) is 114 cm³/mol. The molecule has 0 aliphatic carbocycles. The monoisotopic (exact) mass is 411 g/mol. The summed E-state index contributed by atoms with van der Waals surface area (Å²) < 4.78 is 6.15. The molecule has 0 radical (unpaired) electrons. The summed E-state index contributed by atoms with van der Waals surface area (Å²) in [5, 5.41) is 8.77. The van der Waals surface area contributed by atoms with E-state index in [1.807, 2.05) is 23.2 Å². The molecule has 2 aromatic heterocycles. The van der Waals surface area contributed by atoms with Crippen LogP contribution >= 0.6 is 0 Å². The van der Waals surface area contributed by atoms with Gasteiger partial charge in [-0.1, -0.05) is 19.9 Å². The third kappa shape index (κ3) is 5.06. The Morgan fingerprint density at radius 1 is 1.10 bits per heavy atom. The Morgan fingerprint density at radius 3 is 2.63 bits per heavy atom. The first kappa shape index (κ1) is 21.0. The van der Waals surface area contributed by atoms with E-state index >= 15 is 0 Å². The molecule has 2 fully saturated rings. The smallest absolute Gasteiger partial charge is 0.238 e. The van der Waals surface area contributed by atoms with Gasteiger partial charge in [-0.3, -0.25) is 14.7 Å². The fourth-order valence-corrected chi connectivity index (χ4v) is 4.56. The predicted octanol–water partition coefficient (Wildman–Crippen LogP) is 3.94. The Morgan fingerprint density at radius 2 is 1.90 bits per heavy atom. The Balaban J connectivity index is 1.36. The van der Waals surface area contributed by atoms with Gasteiger partial charge in [0.15, 0.2) is 0 Å². The molecule has 0 spiro atoms. The maximum absolute atomic E-state index is 12.7. The average Bonchev–Trinajstić information content (AvgIpc) is 3.25. The molecule has 162 valence electrons. The number of aromatic nitrogens is 3. The van der Waals surface area contributed by atoms with Crippen LogP contribution in [-0.4, -0.2) is 50.5 Å². The number of nitrogens with zero attached hydrogens (tertiary/aromatic N) is 5. The number of pyridine rings is 1. The van der Waals surface area contributed by atoms with Crippen LogP contribution in [0.15, 0.2) is 28.8 Å². The fraction of sp³-hybridized carbons (Fsp3) is 0.652. The highest BCUT2D eigenvalue weighted by Crippen LogP contribution is 2.34. The average molecular weight is 412 g/mol. The summed E-state index contributed by atoms with van der Waals surface area (Å²) in [4.78, 5) is 21.5. The van der Waals surface area contributed by atoms with Gasteiger partial charge in [-0.15, -0.1) is 10.2 Å². The quantitative estimate of drug-likeness (QED) is 0.717. The number of hydrogen-bond acceptors (Lipinski definition) is 6. The van der Waals surface area contributed by atoms with Gasteiger partial charge in [-0.25, -0.2) is 0 Å². The third-order valence-corrected chi connectivity index (χ3v) is 6.20. The summed E-state index contributed by atoms with van der Waals surface area (Å²) in [7, 11) is 0. The zero-order chi connectivity index (χ0) is 20.9. The van der Waals surface area contributed by atoms with Crippen molar-refractivity contribution in [2.24, 2.45) is 5.92 Å². The van der Waals surface area contributed by atoms with E-state index in [9.17, 15) is 4.79 Å². The molecule has 2 aliphatic rings. The van der Waals surface area contributed by atoms with E-state index in [1.165, 1.54) is 0 Å². The molecule has 0 unspecified atom stereocenters. The first-order valence-electron chi connectivity index (χ1n) is 11.3. The minimum Gasteiger partial charge on any atom is -0.423 e. The van der Waals surface area contributed by atoms with Crippen molar-refractivity contribution in [2.45, 2.75) is 70.9 Å². The summed E-state index contributed by atoms with van der Waals surface area (Å²) in [6.45, 7) is 7.85. The molecule has 0 saturated carbocycles. The Labute approximate surface area is 178 Å². The molecule has 7 nitrogen and oxygen atoms in total. The number of carbonyl (C=O) groups excluding carboxylic acids is 1. The molecular formula is C23H33N5O2. The van der Waals surface area contributed by atoms with Crippen molar-refractivity contribution in [1.29, 1.82) is 0 Å². The minimum absolute atomic E-state index is 0.0597. The number of rotatable bonds is 6. The first-order chi connectivity index (χ1) is 14.6. The second-order valence-electron chi connectivity index (χ2n) is 9.05. The van der Waals surface area contributed by atoms with Gasteiger partial charge in [-0.2, -0.15) is 0 Å². The lowest BCUT2D eigenvalue weighted by atomic mass is 9.96. The molecule has 2 aromatic rings. The Bertz CT molecular complexity index is 814. The SMILES string of the molecule is CC(C)CC(=O)N1CCCC[C@H]1c1nnc(C2CCN(Cc3ccccn3)CC2)o1. The van der Waals surface area contributed by atoms with Crippen LogP contribution in [-0.2, 0) is 11.3 Å². The van der Waals surface area contributed by atoms with Crippen molar-refractivity contribution in [1.82, 2.24) is 25.0 Å². The van der Waals surface area contributed by atoms with Gasteiger partial charge in [0, 0.05) is 31.6 Å². The van der Waals surface area contributed by atoms with Gasteiger partial charge >= 0.3 is 0 Å². The van der Waals surface area contributed by atoms with E-state index in [0.717, 1.165) is 69.9 Å². The van der Waals surface area contributed by atoms with Crippen LogP contribution < -0.4 is 0 Å². The van der Waals surface area contributed by atoms with Crippen molar-refractivity contribution in [3.8, 4) is 0 Å². The number of likely N-dealkylation sites (tertiary alicyclic amines) is 2. The zero-order valence-electron chi connectivity index (χ0n) is 18.2. The summed E-state index contributed by atoms with van der Waals surface area (Å²) in [5.41, 5.74) is 1.11. The molecule has 7 heteroatoms. The Hall–Kier alpha value is -2.28. The summed E-state index contributed by atoms with van der Waals surface area (Å²) in [5.74, 6) is 2.23. The largest absolute Gasteiger partial charge is 0.423 e. The van der Waals surface area contributed by atoms with Crippen LogP contribution in [0.1, 0.15) is 81.8 Å². The van der Waals surface area contributed by atoms with Crippen LogP contribution in [0.3, 0.4) is 0 Å². The van der Waals surface area contributed by atoms with Crippen LogP contribution in [0.5, 0.6) is 0 Å². The third-order valence-electron chi connectivity index (χ3n) is 6.20. The molecule has 0 bridgehead atoms. The van der Waals surface area contributed by atoms with E-state index in [-0.39, 0.29) is 11.9 Å². The van der Waals surface area contributed by atoms with Crippen LogP contribution in [0.4, 0.5) is 0 Å². The number of hydrogen-bond donors (Lipinski definition) is 0. The van der Waals surface area contributed by atoms with E-state index in [4.69, 9.17) is 4.42 Å². The molecule has 2 saturated heterocycles. The molecule has 0 N–H and O–H groups in total. The highest BCUT2D eigenvalue weighted by Gasteiger charge is 2.33. The van der Waals surface area contributed by atoms with Crippen molar-refractivity contribution < 1.29 is 9.21 Å². The first-order valence-corrected chi connectivity index (χ1v) is 11.3. The molecule has 30 heavy (non-hydrogen) atoms. The highest BCUT2D eigenvalue weighted by atomic mass is 16.4. The zero-order valence-corrected chi connectivity index (χ0v) is 18.2. The van der Waals surface area contributed by atoms with Gasteiger partial charge in [0.1, 0.15) is 6.04 Å². The molecular weight excluding hydrogens is 378 g/mol. The van der Waals surface area contributed by atoms with Gasteiger partial charge < -0.3 is 9.32 Å². The molecule has 4 rings (SSSR count). The van der Waals surface area contributed by atoms with E-state index in [0.29, 0.717) is 24.1 Å². The van der Waals surface area contributed by atoms with Crippen LogP contribution in [0, 0.1) is 5.92 Å². The van der Waals surface area contributed by atoms with Crippen LogP contribution in [0.2, 0.25) is 0 Å². The molecule has 0 aromatic carbocycles. The lowest BCUT2D eigenvalue weighted by Crippen LogP contribution is -2.39. The minimum atomic E-state index is -0.0597. The number of piperidine rings is 2. The maximum Gasteiger partial charge on any atom is 0.238 e. The van der Waals surface area contributed by atoms with E-state index < -0.39 is 0 Å². The van der Waals surface area contributed by atoms with Gasteiger partial charge in [0.2, 0.25) is 17.7 Å². The van der Waals surface area contributed by atoms with E-state index in [1.54, 1.807) is 0 Å². The molecule has 4 heterocycles. The standard InChI is InChI=1S/C23H33N5O2/c1-17(2)15-21(29)28-12-6-4-8-20(28)23-26-25-22(30-23)18-9-13-27(14-10-18)16-19-7-3-5-11-24-19/h3,5,7,11,17-18,20H,4,6,8-10,12-16H2,1-2H3/t20-/m0/s1. The topological polar surface area (TPSA) is 75.4 Å². The molecule has 2 aliphatic heterocycles. The van der Waals surface area contributed by atoms with Crippen molar-refractivity contribution in [3.63, 3.8) is 0 Å². The fourth-order valence-electron chi connectivity index (χ4n) is 4.56. The maximum atomic E-state index is 12.7. The van der Waals surface area contributed by atoms with Crippen LogP contribution in [0.25, 0.3) is 0 Å². The Kier molecular flexibility index (Phi) is 6.77. The molecule has 1 atom stereocenters. The summed E-state index contributed by atoms with van der Waals surface area (Å²) in [6.07, 6.45) is 7.50. The number of amides is 1. The van der Waals surface area contributed by atoms with Gasteiger partial charge in [0.05, 0.1) is 5.69 Å². The second-order valence-corrected chi connectivity index (χ2v) is 9.05. The van der Waals surface area contributed by atoms with Gasteiger partial charge in [0.25, 0.3) is 0 Å². The van der Waals surface area contributed by atoms with Crippen molar-refractivity contribution >= 4 is 5.91 Å². The summed E-state index contributed by atoms with van der Waals surface area (Å²) >= 11 is 0. The highest BCUT2D eigenvalue weighted by molar-refractivity contribution is 5.76. The lowest BCUT2D eigenvalue weighted by Gasteiger charge is -2.34. The van der Waals surface area contributed by atoms with Gasteiger partial charge in [-0.05, 0) is 63.2 Å². The number of carbonyl (C=O) groups is 1. The summed E-state index contributed by atoms with van der Waals surface area (Å²) in [6, 6.07) is 6.00. The molecule has 1 amide bonds. The second kappa shape index (κ2) is 9.69. The van der Waals surface area contributed by atoms with Crippen molar-refractivity contribution in [2.75, 3.05) is 19.6 Å².